The molecular weight excluding hydrogens is 348 g/mol. The zero-order chi connectivity index (χ0) is 19.3. The minimum atomic E-state index is -0.221. The molecule has 2 N–H and O–H groups in total. The van der Waals surface area contributed by atoms with E-state index in [1.54, 1.807) is 12.3 Å². The number of pyridine rings is 1. The Morgan fingerprint density at radius 3 is 2.29 bits per heavy atom. The van der Waals surface area contributed by atoms with Crippen molar-refractivity contribution in [2.24, 2.45) is 0 Å². The van der Waals surface area contributed by atoms with Crippen molar-refractivity contribution in [1.29, 1.82) is 0 Å². The van der Waals surface area contributed by atoms with Crippen molar-refractivity contribution in [3.8, 4) is 0 Å². The van der Waals surface area contributed by atoms with Crippen LogP contribution in [0, 0.1) is 6.92 Å². The lowest BCUT2D eigenvalue weighted by Gasteiger charge is -2.17. The molecule has 0 saturated carbocycles. The highest BCUT2D eigenvalue weighted by molar-refractivity contribution is 6.03. The van der Waals surface area contributed by atoms with Crippen molar-refractivity contribution in [3.05, 3.63) is 78.1 Å². The number of anilines is 4. The highest BCUT2D eigenvalue weighted by atomic mass is 16.1. The summed E-state index contributed by atoms with van der Waals surface area (Å²) in [5.41, 5.74) is 5.36. The number of rotatable bonds is 5. The Hall–Kier alpha value is -3.34. The van der Waals surface area contributed by atoms with Crippen molar-refractivity contribution in [3.63, 3.8) is 0 Å². The fourth-order valence-electron chi connectivity index (χ4n) is 3.36. The molecule has 28 heavy (non-hydrogen) atoms. The molecule has 1 aromatic heterocycles. The lowest BCUT2D eigenvalue weighted by molar-refractivity contribution is 0.102. The minimum Gasteiger partial charge on any atom is -0.372 e. The SMILES string of the molecule is Cc1ccc(Nc2ccnc(C(=O)Nc3ccc(N4CCCC4)cc3)c2)cc1. The van der Waals surface area contributed by atoms with Crippen LogP contribution >= 0.6 is 0 Å². The third kappa shape index (κ3) is 4.31. The summed E-state index contributed by atoms with van der Waals surface area (Å²) in [5.74, 6) is -0.221. The fraction of sp³-hybridized carbons (Fsp3) is 0.217. The highest BCUT2D eigenvalue weighted by Gasteiger charge is 2.13. The quantitative estimate of drug-likeness (QED) is 0.663. The number of carbonyl (C=O) groups is 1. The minimum absolute atomic E-state index is 0.221. The maximum atomic E-state index is 12.6. The van der Waals surface area contributed by atoms with Gasteiger partial charge in [-0.1, -0.05) is 17.7 Å². The van der Waals surface area contributed by atoms with Gasteiger partial charge in [-0.2, -0.15) is 0 Å². The van der Waals surface area contributed by atoms with Crippen molar-refractivity contribution in [2.45, 2.75) is 19.8 Å². The van der Waals surface area contributed by atoms with Crippen LogP contribution in [0.4, 0.5) is 22.7 Å². The first-order valence-corrected chi connectivity index (χ1v) is 9.63. The molecule has 1 fully saturated rings. The normalized spacial score (nSPS) is 13.4. The molecule has 0 atom stereocenters. The zero-order valence-electron chi connectivity index (χ0n) is 16.0. The van der Waals surface area contributed by atoms with E-state index in [0.717, 1.165) is 30.2 Å². The lowest BCUT2D eigenvalue weighted by Crippen LogP contribution is -2.17. The van der Waals surface area contributed by atoms with Crippen molar-refractivity contribution < 1.29 is 4.79 Å². The third-order valence-electron chi connectivity index (χ3n) is 4.93. The summed E-state index contributed by atoms with van der Waals surface area (Å²) >= 11 is 0. The van der Waals surface area contributed by atoms with Crippen molar-refractivity contribution in [2.75, 3.05) is 28.6 Å². The number of carbonyl (C=O) groups excluding carboxylic acids is 1. The highest BCUT2D eigenvalue weighted by Crippen LogP contribution is 2.23. The van der Waals surface area contributed by atoms with E-state index >= 15 is 0 Å². The van der Waals surface area contributed by atoms with Crippen molar-refractivity contribution >= 4 is 28.7 Å². The molecule has 0 aliphatic carbocycles. The molecule has 1 amide bonds. The van der Waals surface area contributed by atoms with Gasteiger partial charge in [-0.25, -0.2) is 0 Å². The summed E-state index contributed by atoms with van der Waals surface area (Å²) in [6, 6.07) is 19.7. The molecule has 2 heterocycles. The van der Waals surface area contributed by atoms with E-state index in [-0.39, 0.29) is 5.91 Å². The Balaban J connectivity index is 1.42. The van der Waals surface area contributed by atoms with Crippen LogP contribution in [0.2, 0.25) is 0 Å². The standard InChI is InChI=1S/C23H24N4O/c1-17-4-6-18(7-5-17)25-20-12-13-24-22(16-20)23(28)26-19-8-10-21(11-9-19)27-14-2-3-15-27/h4-13,16H,2-3,14-15H2,1H3,(H,24,25)(H,26,28). The molecule has 2 aromatic carbocycles. The summed E-state index contributed by atoms with van der Waals surface area (Å²) in [4.78, 5) is 19.2. The van der Waals surface area contributed by atoms with Gasteiger partial charge in [-0.15, -0.1) is 0 Å². The van der Waals surface area contributed by atoms with Gasteiger partial charge in [0.1, 0.15) is 5.69 Å². The second kappa shape index (κ2) is 8.13. The fourth-order valence-corrected chi connectivity index (χ4v) is 3.36. The predicted molar refractivity (Wildman–Crippen MR) is 115 cm³/mol. The van der Waals surface area contributed by atoms with Crippen LogP contribution in [-0.4, -0.2) is 24.0 Å². The van der Waals surface area contributed by atoms with Crippen LogP contribution in [0.5, 0.6) is 0 Å². The number of benzene rings is 2. The summed E-state index contributed by atoms with van der Waals surface area (Å²) < 4.78 is 0. The first-order valence-electron chi connectivity index (χ1n) is 9.63. The van der Waals surface area contributed by atoms with Crippen LogP contribution in [0.25, 0.3) is 0 Å². The Morgan fingerprint density at radius 2 is 1.57 bits per heavy atom. The molecule has 5 heteroatoms. The maximum absolute atomic E-state index is 12.6. The molecule has 0 radical (unpaired) electrons. The average molecular weight is 372 g/mol. The number of nitrogens with one attached hydrogen (secondary N) is 2. The molecule has 142 valence electrons. The van der Waals surface area contributed by atoms with E-state index in [9.17, 15) is 4.79 Å². The van der Waals surface area contributed by atoms with Crippen LogP contribution in [0.3, 0.4) is 0 Å². The van der Waals surface area contributed by atoms with Gasteiger partial charge in [0, 0.05) is 42.0 Å². The van der Waals surface area contributed by atoms with Crippen LogP contribution in [0.1, 0.15) is 28.9 Å². The first-order chi connectivity index (χ1) is 13.7. The molecule has 1 aliphatic heterocycles. The second-order valence-corrected chi connectivity index (χ2v) is 7.12. The van der Waals surface area contributed by atoms with Gasteiger partial charge >= 0.3 is 0 Å². The number of aromatic nitrogens is 1. The van der Waals surface area contributed by atoms with Gasteiger partial charge in [-0.05, 0) is 68.3 Å². The predicted octanol–water partition coefficient (Wildman–Crippen LogP) is 4.99. The van der Waals surface area contributed by atoms with Crippen LogP contribution < -0.4 is 15.5 Å². The van der Waals surface area contributed by atoms with E-state index in [1.807, 2.05) is 42.5 Å². The van der Waals surface area contributed by atoms with E-state index in [0.29, 0.717) is 5.69 Å². The number of nitrogens with zero attached hydrogens (tertiary/aromatic N) is 2. The Kier molecular flexibility index (Phi) is 5.24. The topological polar surface area (TPSA) is 57.3 Å². The molecule has 1 aliphatic rings. The van der Waals surface area contributed by atoms with Crippen LogP contribution in [-0.2, 0) is 0 Å². The summed E-state index contributed by atoms with van der Waals surface area (Å²) in [6.45, 7) is 4.27. The van der Waals surface area contributed by atoms with Gasteiger partial charge in [0.25, 0.3) is 5.91 Å². The maximum Gasteiger partial charge on any atom is 0.274 e. The van der Waals surface area contributed by atoms with Gasteiger partial charge in [0.2, 0.25) is 0 Å². The van der Waals surface area contributed by atoms with Crippen molar-refractivity contribution in [1.82, 2.24) is 4.98 Å². The zero-order valence-corrected chi connectivity index (χ0v) is 16.0. The Morgan fingerprint density at radius 1 is 0.893 bits per heavy atom. The summed E-state index contributed by atoms with van der Waals surface area (Å²) in [7, 11) is 0. The smallest absolute Gasteiger partial charge is 0.274 e. The van der Waals surface area contributed by atoms with Gasteiger partial charge in [-0.3, -0.25) is 9.78 Å². The van der Waals surface area contributed by atoms with Crippen LogP contribution in [0.15, 0.2) is 66.9 Å². The van der Waals surface area contributed by atoms with Gasteiger partial charge in [0.05, 0.1) is 0 Å². The monoisotopic (exact) mass is 372 g/mol. The molecule has 1 saturated heterocycles. The second-order valence-electron chi connectivity index (χ2n) is 7.12. The van der Waals surface area contributed by atoms with Gasteiger partial charge < -0.3 is 15.5 Å². The first kappa shape index (κ1) is 18.0. The summed E-state index contributed by atoms with van der Waals surface area (Å²) in [5, 5.41) is 6.23. The molecule has 5 nitrogen and oxygen atoms in total. The number of amides is 1. The Bertz CT molecular complexity index is 945. The van der Waals surface area contributed by atoms with E-state index in [2.05, 4.69) is 39.6 Å². The molecule has 4 rings (SSSR count). The molecule has 0 spiro atoms. The molecular formula is C23H24N4O. The molecule has 0 bridgehead atoms. The molecule has 0 unspecified atom stereocenters. The van der Waals surface area contributed by atoms with E-state index in [4.69, 9.17) is 0 Å². The lowest BCUT2D eigenvalue weighted by atomic mass is 10.2. The number of hydrogen-bond donors (Lipinski definition) is 2. The third-order valence-corrected chi connectivity index (χ3v) is 4.93. The average Bonchev–Trinajstić information content (AvgIpc) is 3.25. The number of aryl methyl sites for hydroxylation is 1. The molecule has 3 aromatic rings. The van der Waals surface area contributed by atoms with E-state index < -0.39 is 0 Å². The van der Waals surface area contributed by atoms with E-state index in [1.165, 1.54) is 24.1 Å². The summed E-state index contributed by atoms with van der Waals surface area (Å²) in [6.07, 6.45) is 4.14. The largest absolute Gasteiger partial charge is 0.372 e. The number of hydrogen-bond acceptors (Lipinski definition) is 4. The van der Waals surface area contributed by atoms with Gasteiger partial charge in [0.15, 0.2) is 0 Å². The Labute approximate surface area is 165 Å².